The van der Waals surface area contributed by atoms with E-state index in [9.17, 15) is 14.0 Å². The Balaban J connectivity index is 1.06. The van der Waals surface area contributed by atoms with Crippen molar-refractivity contribution < 1.29 is 18.7 Å². The second kappa shape index (κ2) is 12.0. The van der Waals surface area contributed by atoms with E-state index in [1.165, 1.54) is 43.2 Å². The number of carbonyl (C=O) groups is 2. The number of para-hydroxylation sites is 2. The highest BCUT2D eigenvalue weighted by molar-refractivity contribution is 5.98. The third-order valence-corrected chi connectivity index (χ3v) is 10.8. The van der Waals surface area contributed by atoms with Crippen molar-refractivity contribution in [2.24, 2.45) is 0 Å². The van der Waals surface area contributed by atoms with E-state index in [-0.39, 0.29) is 22.4 Å². The molecule has 0 N–H and O–H groups in total. The number of halogens is 1. The topological polar surface area (TPSA) is 67.7 Å². The van der Waals surface area contributed by atoms with Crippen molar-refractivity contribution in [2.45, 2.75) is 75.4 Å². The molecular weight excluding hydrogens is 567 g/mol. The van der Waals surface area contributed by atoms with E-state index in [4.69, 9.17) is 9.72 Å². The number of piperidine rings is 2. The number of benzene rings is 3. The maximum absolute atomic E-state index is 14.3. The predicted molar refractivity (Wildman–Crippen MR) is 172 cm³/mol. The van der Waals surface area contributed by atoms with Crippen molar-refractivity contribution in [1.82, 2.24) is 19.4 Å². The Bertz CT molecular complexity index is 1700. The molecule has 45 heavy (non-hydrogen) atoms. The molecule has 1 amide bonds. The summed E-state index contributed by atoms with van der Waals surface area (Å²) in [6.07, 6.45) is 7.51. The minimum Gasteiger partial charge on any atom is -0.465 e. The van der Waals surface area contributed by atoms with Crippen LogP contribution < -0.4 is 0 Å². The fourth-order valence-electron chi connectivity index (χ4n) is 8.53. The Morgan fingerprint density at radius 2 is 1.58 bits per heavy atom. The number of ether oxygens (including phenoxy) is 1. The summed E-state index contributed by atoms with van der Waals surface area (Å²) < 4.78 is 21.6. The number of methoxy groups -OCH3 is 1. The zero-order chi connectivity index (χ0) is 31.1. The Morgan fingerprint density at radius 3 is 2.29 bits per heavy atom. The first-order valence-corrected chi connectivity index (χ1v) is 16.3. The molecule has 234 valence electrons. The zero-order valence-electron chi connectivity index (χ0n) is 26.1. The Morgan fingerprint density at radius 1 is 0.911 bits per heavy atom. The van der Waals surface area contributed by atoms with Crippen LogP contribution >= 0.6 is 0 Å². The molecule has 0 radical (unpaired) electrons. The number of imidazole rings is 1. The first kappa shape index (κ1) is 29.7. The van der Waals surface area contributed by atoms with Gasteiger partial charge in [-0.3, -0.25) is 9.69 Å². The van der Waals surface area contributed by atoms with Gasteiger partial charge in [-0.2, -0.15) is 0 Å². The summed E-state index contributed by atoms with van der Waals surface area (Å²) in [6, 6.07) is 24.6. The van der Waals surface area contributed by atoms with Crippen LogP contribution in [0.2, 0.25) is 0 Å². The summed E-state index contributed by atoms with van der Waals surface area (Å²) >= 11 is 0. The fraction of sp³-hybridized carbons (Fsp3) is 0.432. The molecule has 2 bridgehead atoms. The Labute approximate surface area is 264 Å². The van der Waals surface area contributed by atoms with Gasteiger partial charge in [-0.1, -0.05) is 42.5 Å². The molecule has 1 aromatic heterocycles. The number of likely N-dealkylation sites (tertiary alicyclic amines) is 1. The van der Waals surface area contributed by atoms with Crippen LogP contribution in [-0.4, -0.2) is 70.1 Å². The lowest BCUT2D eigenvalue weighted by Gasteiger charge is -2.45. The standard InChI is InChI=1S/C37H41FN4O3/c1-25-39-33-10-6-7-11-34(33)42(25)32-23-30-12-13-31(24-32)41(30)19-16-37(28-8-4-3-5-9-28)14-17-40(18-15-37)35(43)26-20-27(36(44)45-2)22-29(38)21-26/h3-11,20-22,30-32H,12-19,23-24H2,1-2H3. The maximum Gasteiger partial charge on any atom is 0.337 e. The summed E-state index contributed by atoms with van der Waals surface area (Å²) in [5, 5.41) is 0. The minimum absolute atomic E-state index is 0.0371. The smallest absolute Gasteiger partial charge is 0.337 e. The number of amides is 1. The third kappa shape index (κ3) is 5.54. The van der Waals surface area contributed by atoms with Gasteiger partial charge in [0.1, 0.15) is 11.6 Å². The van der Waals surface area contributed by atoms with E-state index in [2.05, 4.69) is 71.0 Å². The molecule has 2 atom stereocenters. The highest BCUT2D eigenvalue weighted by atomic mass is 19.1. The molecule has 3 aliphatic rings. The molecule has 2 unspecified atom stereocenters. The lowest BCUT2D eigenvalue weighted by molar-refractivity contribution is 0.0600. The van der Waals surface area contributed by atoms with Gasteiger partial charge in [0.2, 0.25) is 0 Å². The predicted octanol–water partition coefficient (Wildman–Crippen LogP) is 6.70. The highest BCUT2D eigenvalue weighted by Gasteiger charge is 2.44. The number of rotatable bonds is 7. The second-order valence-corrected chi connectivity index (χ2v) is 13.2. The first-order chi connectivity index (χ1) is 21.8. The third-order valence-electron chi connectivity index (χ3n) is 10.8. The van der Waals surface area contributed by atoms with Gasteiger partial charge >= 0.3 is 5.97 Å². The van der Waals surface area contributed by atoms with E-state index in [0.717, 1.165) is 56.1 Å². The number of aryl methyl sites for hydroxylation is 1. The number of nitrogens with zero attached hydrogens (tertiary/aromatic N) is 4. The molecule has 8 heteroatoms. The summed E-state index contributed by atoms with van der Waals surface area (Å²) in [6.45, 7) is 4.35. The number of carbonyl (C=O) groups excluding carboxylic acids is 2. The molecule has 3 aromatic carbocycles. The van der Waals surface area contributed by atoms with Crippen molar-refractivity contribution in [3.05, 3.63) is 101 Å². The lowest BCUT2D eigenvalue weighted by Crippen LogP contribution is -2.49. The van der Waals surface area contributed by atoms with Crippen LogP contribution in [0.1, 0.15) is 83.1 Å². The molecule has 0 saturated carbocycles. The first-order valence-electron chi connectivity index (χ1n) is 16.3. The van der Waals surface area contributed by atoms with Gasteiger partial charge < -0.3 is 14.2 Å². The minimum atomic E-state index is -0.656. The Kier molecular flexibility index (Phi) is 7.94. The van der Waals surface area contributed by atoms with E-state index < -0.39 is 11.8 Å². The van der Waals surface area contributed by atoms with Crippen LogP contribution in [0.3, 0.4) is 0 Å². The van der Waals surface area contributed by atoms with Crippen LogP contribution in [-0.2, 0) is 10.2 Å². The van der Waals surface area contributed by atoms with E-state index in [0.29, 0.717) is 31.2 Å². The summed E-state index contributed by atoms with van der Waals surface area (Å²) in [5.41, 5.74) is 3.86. The average Bonchev–Trinajstić information content (AvgIpc) is 3.53. The van der Waals surface area contributed by atoms with Crippen molar-refractivity contribution in [3.63, 3.8) is 0 Å². The molecule has 0 aliphatic carbocycles. The van der Waals surface area contributed by atoms with E-state index in [1.807, 2.05) is 4.90 Å². The quantitative estimate of drug-likeness (QED) is 0.219. The van der Waals surface area contributed by atoms with Gasteiger partial charge in [-0.05, 0) is 99.7 Å². The van der Waals surface area contributed by atoms with Gasteiger partial charge in [0.25, 0.3) is 5.91 Å². The fourth-order valence-corrected chi connectivity index (χ4v) is 8.53. The van der Waals surface area contributed by atoms with Crippen LogP contribution in [0.25, 0.3) is 11.0 Å². The second-order valence-electron chi connectivity index (χ2n) is 13.2. The summed E-state index contributed by atoms with van der Waals surface area (Å²) in [5.74, 6) is -0.412. The molecule has 3 aliphatic heterocycles. The van der Waals surface area contributed by atoms with Gasteiger partial charge in [0, 0.05) is 36.8 Å². The van der Waals surface area contributed by atoms with E-state index >= 15 is 0 Å². The van der Waals surface area contributed by atoms with Gasteiger partial charge in [0.05, 0.1) is 23.7 Å². The molecule has 4 heterocycles. The SMILES string of the molecule is COC(=O)c1cc(F)cc(C(=O)N2CCC(CCN3C4CCC3CC(n3c(C)nc5ccccc53)C4)(c3ccccc3)CC2)c1. The van der Waals surface area contributed by atoms with Crippen LogP contribution in [0.15, 0.2) is 72.8 Å². The maximum atomic E-state index is 14.3. The number of esters is 1. The Hall–Kier alpha value is -4.04. The van der Waals surface area contributed by atoms with Crippen LogP contribution in [0.4, 0.5) is 4.39 Å². The number of hydrogen-bond donors (Lipinski definition) is 0. The van der Waals surface area contributed by atoms with Crippen molar-refractivity contribution >= 4 is 22.9 Å². The molecule has 4 aromatic rings. The van der Waals surface area contributed by atoms with E-state index in [1.54, 1.807) is 0 Å². The van der Waals surface area contributed by atoms with Gasteiger partial charge in [-0.25, -0.2) is 14.2 Å². The van der Waals surface area contributed by atoms with Gasteiger partial charge in [0.15, 0.2) is 0 Å². The molecule has 7 rings (SSSR count). The lowest BCUT2D eigenvalue weighted by atomic mass is 9.70. The molecule has 7 nitrogen and oxygen atoms in total. The average molecular weight is 609 g/mol. The van der Waals surface area contributed by atoms with Gasteiger partial charge in [-0.15, -0.1) is 0 Å². The summed E-state index contributed by atoms with van der Waals surface area (Å²) in [7, 11) is 1.25. The van der Waals surface area contributed by atoms with Crippen molar-refractivity contribution in [1.29, 1.82) is 0 Å². The summed E-state index contributed by atoms with van der Waals surface area (Å²) in [4.78, 5) is 35.0. The highest BCUT2D eigenvalue weighted by Crippen LogP contribution is 2.45. The number of hydrogen-bond acceptors (Lipinski definition) is 5. The van der Waals surface area contributed by atoms with Crippen molar-refractivity contribution in [2.75, 3.05) is 26.7 Å². The van der Waals surface area contributed by atoms with Crippen LogP contribution in [0, 0.1) is 12.7 Å². The van der Waals surface area contributed by atoms with Crippen molar-refractivity contribution in [3.8, 4) is 0 Å². The molecule has 3 saturated heterocycles. The molecule has 0 spiro atoms. The molecular formula is C37H41FN4O3. The number of fused-ring (bicyclic) bond motifs is 3. The molecule has 3 fully saturated rings. The largest absolute Gasteiger partial charge is 0.465 e. The number of aromatic nitrogens is 2. The van der Waals surface area contributed by atoms with Crippen LogP contribution in [0.5, 0.6) is 0 Å². The monoisotopic (exact) mass is 608 g/mol. The zero-order valence-corrected chi connectivity index (χ0v) is 26.1. The normalized spacial score (nSPS) is 22.9.